The summed E-state index contributed by atoms with van der Waals surface area (Å²) >= 11 is 0. The van der Waals surface area contributed by atoms with Crippen LogP contribution in [0, 0.1) is 0 Å². The van der Waals surface area contributed by atoms with Crippen LogP contribution in [0.1, 0.15) is 47.1 Å². The zero-order valence-electron chi connectivity index (χ0n) is 19.0. The van der Waals surface area contributed by atoms with Crippen LogP contribution in [0.5, 0.6) is 5.88 Å². The monoisotopic (exact) mass is 470 g/mol. The number of ether oxygens (including phenoxy) is 2. The van der Waals surface area contributed by atoms with E-state index in [9.17, 15) is 22.8 Å². The van der Waals surface area contributed by atoms with E-state index in [2.05, 4.69) is 15.4 Å². The number of benzene rings is 1. The maximum Gasteiger partial charge on any atom is 0.427 e. The van der Waals surface area contributed by atoms with Crippen molar-refractivity contribution in [3.8, 4) is 5.88 Å². The molecule has 0 aliphatic heterocycles. The van der Waals surface area contributed by atoms with Gasteiger partial charge < -0.3 is 14.3 Å². The van der Waals surface area contributed by atoms with Crippen LogP contribution < -0.4 is 15.2 Å². The molecule has 2 amide bonds. The van der Waals surface area contributed by atoms with Crippen molar-refractivity contribution in [3.63, 3.8) is 0 Å². The minimum absolute atomic E-state index is 0.00104. The van der Waals surface area contributed by atoms with Gasteiger partial charge in [-0.2, -0.15) is 18.2 Å². The van der Waals surface area contributed by atoms with Crippen LogP contribution in [0.4, 0.5) is 34.4 Å². The van der Waals surface area contributed by atoms with Gasteiger partial charge in [0.2, 0.25) is 5.95 Å². The summed E-state index contributed by atoms with van der Waals surface area (Å²) in [7, 11) is 0. The first kappa shape index (κ1) is 25.7. The number of halogens is 3. The largest absolute Gasteiger partial charge is 0.443 e. The molecule has 0 fully saturated rings. The lowest BCUT2D eigenvalue weighted by atomic mass is 10.2. The average molecular weight is 470 g/mol. The van der Waals surface area contributed by atoms with Gasteiger partial charge in [0, 0.05) is 12.3 Å². The molecule has 1 aromatic carbocycles. The Morgan fingerprint density at radius 3 is 2.03 bits per heavy atom. The summed E-state index contributed by atoms with van der Waals surface area (Å²) in [4.78, 5) is 38.9. The van der Waals surface area contributed by atoms with Crippen molar-refractivity contribution >= 4 is 23.8 Å². The number of hydrogen-bond donors (Lipinski definition) is 1. The van der Waals surface area contributed by atoms with E-state index >= 15 is 0 Å². The molecule has 0 aliphatic carbocycles. The van der Waals surface area contributed by atoms with Gasteiger partial charge in [0.1, 0.15) is 11.2 Å². The molecule has 12 heteroatoms. The molecule has 0 atom stereocenters. The van der Waals surface area contributed by atoms with Crippen LogP contribution in [-0.2, 0) is 15.7 Å². The van der Waals surface area contributed by atoms with Crippen LogP contribution in [0.2, 0.25) is 0 Å². The van der Waals surface area contributed by atoms with E-state index in [-0.39, 0.29) is 11.6 Å². The molecule has 0 saturated carbocycles. The van der Waals surface area contributed by atoms with Crippen LogP contribution >= 0.6 is 0 Å². The molecular weight excluding hydrogens is 445 g/mol. The number of nitrogens with one attached hydrogen (secondary N) is 1. The molecule has 0 saturated heterocycles. The highest BCUT2D eigenvalue weighted by molar-refractivity contribution is 6.08. The molecule has 2 aromatic rings. The first-order valence-corrected chi connectivity index (χ1v) is 9.74. The van der Waals surface area contributed by atoms with Gasteiger partial charge in [-0.05, 0) is 59.7 Å². The van der Waals surface area contributed by atoms with Gasteiger partial charge in [-0.15, -0.1) is 4.90 Å². The first-order valence-electron chi connectivity index (χ1n) is 9.74. The van der Waals surface area contributed by atoms with Gasteiger partial charge in [0.25, 0.3) is 5.88 Å². The number of alkyl halides is 3. The number of imide groups is 1. The molecule has 0 spiro atoms. The van der Waals surface area contributed by atoms with Gasteiger partial charge in [0.05, 0.1) is 11.3 Å². The number of anilines is 2. The molecule has 33 heavy (non-hydrogen) atoms. The van der Waals surface area contributed by atoms with Crippen molar-refractivity contribution in [2.45, 2.75) is 58.9 Å². The number of carbonyl (C=O) groups is 2. The van der Waals surface area contributed by atoms with Crippen LogP contribution in [-0.4, -0.2) is 33.4 Å². The van der Waals surface area contributed by atoms with Crippen molar-refractivity contribution in [1.29, 1.82) is 0 Å². The summed E-state index contributed by atoms with van der Waals surface area (Å²) in [6.45, 7) is 9.65. The average Bonchev–Trinajstić information content (AvgIpc) is 2.63. The Morgan fingerprint density at radius 1 is 0.939 bits per heavy atom. The number of hydrogen-bond acceptors (Lipinski definition) is 8. The Balaban J connectivity index is 2.28. The van der Waals surface area contributed by atoms with Crippen LogP contribution in [0.15, 0.2) is 36.5 Å². The van der Waals surface area contributed by atoms with E-state index in [0.29, 0.717) is 4.90 Å². The number of carbonyl (C=O) groups excluding carboxylic acids is 2. The third-order valence-electron chi connectivity index (χ3n) is 3.43. The van der Waals surface area contributed by atoms with E-state index in [4.69, 9.17) is 14.3 Å². The second kappa shape index (κ2) is 9.51. The van der Waals surface area contributed by atoms with E-state index < -0.39 is 41.1 Å². The number of nitrogens with zero attached hydrogens (tertiary/aromatic N) is 3. The molecule has 1 N–H and O–H groups in total. The number of aromatic nitrogens is 2. The fourth-order valence-electron chi connectivity index (χ4n) is 2.22. The number of rotatable bonds is 4. The summed E-state index contributed by atoms with van der Waals surface area (Å²) in [5, 5.41) is 0. The highest BCUT2D eigenvalue weighted by Gasteiger charge is 2.35. The van der Waals surface area contributed by atoms with E-state index in [1.54, 1.807) is 41.5 Å². The molecular formula is C21H25F3N4O5. The third kappa shape index (κ3) is 8.13. The quantitative estimate of drug-likeness (QED) is 0.578. The van der Waals surface area contributed by atoms with Crippen molar-refractivity contribution in [2.24, 2.45) is 0 Å². The van der Waals surface area contributed by atoms with Gasteiger partial charge in [0.15, 0.2) is 0 Å². The zero-order chi connectivity index (χ0) is 25.0. The predicted molar refractivity (Wildman–Crippen MR) is 113 cm³/mol. The molecule has 9 nitrogen and oxygen atoms in total. The summed E-state index contributed by atoms with van der Waals surface area (Å²) in [5.41, 5.74) is -0.408. The smallest absolute Gasteiger partial charge is 0.427 e. The second-order valence-electron chi connectivity index (χ2n) is 8.77. The van der Waals surface area contributed by atoms with Crippen LogP contribution in [0.3, 0.4) is 0 Å². The zero-order valence-corrected chi connectivity index (χ0v) is 19.0. The summed E-state index contributed by atoms with van der Waals surface area (Å²) < 4.78 is 49.1. The fraction of sp³-hybridized carbons (Fsp3) is 0.429. The van der Waals surface area contributed by atoms with E-state index in [1.165, 1.54) is 24.4 Å². The molecule has 0 radical (unpaired) electrons. The predicted octanol–water partition coefficient (Wildman–Crippen LogP) is 5.58. The minimum Gasteiger partial charge on any atom is -0.443 e. The van der Waals surface area contributed by atoms with Crippen LogP contribution in [0.25, 0.3) is 0 Å². The highest BCUT2D eigenvalue weighted by Crippen LogP contribution is 2.30. The summed E-state index contributed by atoms with van der Waals surface area (Å²) in [6, 6.07) is 5.58. The Labute approximate surface area is 188 Å². The molecule has 180 valence electrons. The normalized spacial score (nSPS) is 12.0. The highest BCUT2D eigenvalue weighted by atomic mass is 19.4. The Hall–Kier alpha value is -3.57. The standard InChI is InChI=1S/C21H25F3N4O5/c1-19(2,3)31-17(29)28(18(30)32-20(4,5)6)16-25-11-10-15(26-16)33-27-14-9-7-8-13(12-14)21(22,23)24/h7-12,27H,1-6H3. The van der Waals surface area contributed by atoms with Gasteiger partial charge in [-0.1, -0.05) is 6.07 Å². The maximum absolute atomic E-state index is 12.9. The number of amides is 2. The molecule has 0 unspecified atom stereocenters. The maximum atomic E-state index is 12.9. The molecule has 2 rings (SSSR count). The summed E-state index contributed by atoms with van der Waals surface area (Å²) in [6.07, 6.45) is -5.51. The molecule has 0 bridgehead atoms. The van der Waals surface area contributed by atoms with Crippen molar-refractivity contribution in [2.75, 3.05) is 10.4 Å². The molecule has 1 aromatic heterocycles. The lowest BCUT2D eigenvalue weighted by Crippen LogP contribution is -2.44. The lowest BCUT2D eigenvalue weighted by Gasteiger charge is -2.27. The van der Waals surface area contributed by atoms with E-state index in [1.807, 2.05) is 0 Å². The third-order valence-corrected chi connectivity index (χ3v) is 3.43. The lowest BCUT2D eigenvalue weighted by molar-refractivity contribution is -0.137. The van der Waals surface area contributed by atoms with Crippen molar-refractivity contribution in [1.82, 2.24) is 9.97 Å². The Morgan fingerprint density at radius 2 is 1.52 bits per heavy atom. The van der Waals surface area contributed by atoms with Crippen molar-refractivity contribution in [3.05, 3.63) is 42.1 Å². The fourth-order valence-corrected chi connectivity index (χ4v) is 2.22. The first-order chi connectivity index (χ1) is 15.0. The Bertz CT molecular complexity index is 972. The summed E-state index contributed by atoms with van der Waals surface area (Å²) in [5.74, 6) is -0.601. The minimum atomic E-state index is -4.53. The molecule has 1 heterocycles. The van der Waals surface area contributed by atoms with Gasteiger partial charge in [-0.25, -0.2) is 20.1 Å². The van der Waals surface area contributed by atoms with Crippen molar-refractivity contribution < 1.29 is 37.1 Å². The topological polar surface area (TPSA) is 103 Å². The Kier molecular flexibility index (Phi) is 7.40. The van der Waals surface area contributed by atoms with Gasteiger partial charge in [-0.3, -0.25) is 0 Å². The molecule has 0 aliphatic rings. The van der Waals surface area contributed by atoms with E-state index in [0.717, 1.165) is 12.1 Å². The SMILES string of the molecule is CC(C)(C)OC(=O)N(C(=O)OC(C)(C)C)c1nccc(ONc2cccc(C(F)(F)F)c2)n1. The van der Waals surface area contributed by atoms with Gasteiger partial charge >= 0.3 is 18.4 Å². The second-order valence-corrected chi connectivity index (χ2v) is 8.77.